The fourth-order valence-corrected chi connectivity index (χ4v) is 2.39. The fourth-order valence-electron chi connectivity index (χ4n) is 1.89. The molecule has 0 atom stereocenters. The first kappa shape index (κ1) is 13.2. The molecule has 0 bridgehead atoms. The van der Waals surface area contributed by atoms with Gasteiger partial charge in [-0.05, 0) is 34.1 Å². The molecule has 7 heteroatoms. The largest absolute Gasteiger partial charge is 0.324 e. The standard InChI is InChI=1S/C13H8BrClN4O/c14-8-3-11-12(4-9(8)15)18-10(5-13(20)19-11)7-1-2-16-17-6-7/h1-4,6H,5H2,(H,19,20). The molecular weight excluding hydrogens is 344 g/mol. The van der Waals surface area contributed by atoms with Crippen LogP contribution in [-0.2, 0) is 4.79 Å². The molecule has 1 aromatic heterocycles. The molecule has 1 N–H and O–H groups in total. The summed E-state index contributed by atoms with van der Waals surface area (Å²) in [6.07, 6.45) is 3.32. The van der Waals surface area contributed by atoms with Crippen LogP contribution in [0.1, 0.15) is 12.0 Å². The van der Waals surface area contributed by atoms with Crippen LogP contribution in [0.5, 0.6) is 0 Å². The monoisotopic (exact) mass is 350 g/mol. The van der Waals surface area contributed by atoms with Crippen molar-refractivity contribution < 1.29 is 4.79 Å². The summed E-state index contributed by atoms with van der Waals surface area (Å²) in [5.41, 5.74) is 2.65. The minimum atomic E-state index is -0.131. The Balaban J connectivity index is 2.14. The van der Waals surface area contributed by atoms with Gasteiger partial charge in [0.05, 0.1) is 40.9 Å². The molecule has 3 rings (SSSR count). The molecule has 0 aliphatic carbocycles. The molecule has 100 valence electrons. The van der Waals surface area contributed by atoms with Gasteiger partial charge in [0.15, 0.2) is 0 Å². The molecule has 0 saturated carbocycles. The van der Waals surface area contributed by atoms with Crippen molar-refractivity contribution in [1.29, 1.82) is 0 Å². The zero-order chi connectivity index (χ0) is 14.1. The van der Waals surface area contributed by atoms with Gasteiger partial charge >= 0.3 is 0 Å². The fraction of sp³-hybridized carbons (Fsp3) is 0.0769. The predicted molar refractivity (Wildman–Crippen MR) is 80.6 cm³/mol. The minimum Gasteiger partial charge on any atom is -0.324 e. The maximum atomic E-state index is 11.9. The number of nitrogens with zero attached hydrogens (tertiary/aromatic N) is 3. The number of carbonyl (C=O) groups is 1. The second-order valence-electron chi connectivity index (χ2n) is 4.20. The third kappa shape index (κ3) is 2.57. The van der Waals surface area contributed by atoms with Crippen molar-refractivity contribution in [2.24, 2.45) is 4.99 Å². The van der Waals surface area contributed by atoms with Crippen LogP contribution < -0.4 is 5.32 Å². The van der Waals surface area contributed by atoms with Gasteiger partial charge in [-0.25, -0.2) is 4.99 Å². The number of carbonyl (C=O) groups excluding carboxylic acids is 1. The molecule has 1 aromatic carbocycles. The van der Waals surface area contributed by atoms with Gasteiger partial charge in [0.1, 0.15) is 0 Å². The van der Waals surface area contributed by atoms with E-state index in [1.807, 2.05) is 0 Å². The molecule has 1 aliphatic rings. The zero-order valence-electron chi connectivity index (χ0n) is 10.1. The number of amides is 1. The van der Waals surface area contributed by atoms with Gasteiger partial charge in [0.2, 0.25) is 5.91 Å². The van der Waals surface area contributed by atoms with E-state index in [1.54, 1.807) is 30.6 Å². The Labute approximate surface area is 128 Å². The van der Waals surface area contributed by atoms with E-state index in [1.165, 1.54) is 0 Å². The summed E-state index contributed by atoms with van der Waals surface area (Å²) in [6, 6.07) is 5.22. The van der Waals surface area contributed by atoms with Crippen LogP contribution in [0.15, 0.2) is 40.1 Å². The smallest absolute Gasteiger partial charge is 0.230 e. The maximum Gasteiger partial charge on any atom is 0.230 e. The number of rotatable bonds is 1. The number of benzene rings is 1. The molecule has 2 heterocycles. The van der Waals surface area contributed by atoms with Crippen molar-refractivity contribution in [2.75, 3.05) is 5.32 Å². The highest BCUT2D eigenvalue weighted by atomic mass is 79.9. The molecule has 20 heavy (non-hydrogen) atoms. The van der Waals surface area contributed by atoms with E-state index in [4.69, 9.17) is 11.6 Å². The highest BCUT2D eigenvalue weighted by Gasteiger charge is 2.18. The Morgan fingerprint density at radius 2 is 2.15 bits per heavy atom. The Hall–Kier alpha value is -1.79. The van der Waals surface area contributed by atoms with Crippen molar-refractivity contribution in [2.45, 2.75) is 6.42 Å². The van der Waals surface area contributed by atoms with Gasteiger partial charge in [-0.2, -0.15) is 10.2 Å². The molecule has 1 aliphatic heterocycles. The van der Waals surface area contributed by atoms with Crippen LogP contribution in [0.3, 0.4) is 0 Å². The van der Waals surface area contributed by atoms with Crippen molar-refractivity contribution in [3.63, 3.8) is 0 Å². The Morgan fingerprint density at radius 1 is 1.30 bits per heavy atom. The number of nitrogens with one attached hydrogen (secondary N) is 1. The molecule has 2 aromatic rings. The van der Waals surface area contributed by atoms with Crippen molar-refractivity contribution in [1.82, 2.24) is 10.2 Å². The van der Waals surface area contributed by atoms with E-state index in [9.17, 15) is 4.79 Å². The normalized spacial score (nSPS) is 14.1. The summed E-state index contributed by atoms with van der Waals surface area (Å²) in [7, 11) is 0. The lowest BCUT2D eigenvalue weighted by atomic mass is 10.1. The Bertz CT molecular complexity index is 718. The van der Waals surface area contributed by atoms with Crippen LogP contribution in [-0.4, -0.2) is 21.8 Å². The topological polar surface area (TPSA) is 67.2 Å². The first-order valence-corrected chi connectivity index (χ1v) is 6.94. The number of hydrogen-bond acceptors (Lipinski definition) is 4. The average Bonchev–Trinajstić information content (AvgIpc) is 2.59. The van der Waals surface area contributed by atoms with E-state index >= 15 is 0 Å². The van der Waals surface area contributed by atoms with Crippen LogP contribution in [0.4, 0.5) is 11.4 Å². The van der Waals surface area contributed by atoms with Gasteiger partial charge in [-0.15, -0.1) is 0 Å². The van der Waals surface area contributed by atoms with E-state index in [2.05, 4.69) is 36.4 Å². The van der Waals surface area contributed by atoms with Crippen molar-refractivity contribution in [3.05, 3.63) is 45.7 Å². The van der Waals surface area contributed by atoms with Crippen molar-refractivity contribution in [3.8, 4) is 0 Å². The Kier molecular flexibility index (Phi) is 3.50. The molecule has 0 unspecified atom stereocenters. The number of halogens is 2. The predicted octanol–water partition coefficient (Wildman–Crippen LogP) is 3.36. The van der Waals surface area contributed by atoms with Gasteiger partial charge < -0.3 is 5.32 Å². The maximum absolute atomic E-state index is 11.9. The van der Waals surface area contributed by atoms with Gasteiger partial charge in [-0.3, -0.25) is 4.79 Å². The lowest BCUT2D eigenvalue weighted by molar-refractivity contribution is -0.115. The molecule has 0 radical (unpaired) electrons. The van der Waals surface area contributed by atoms with Gasteiger partial charge in [-0.1, -0.05) is 11.6 Å². The SMILES string of the molecule is O=C1CC(c2ccnnc2)=Nc2cc(Cl)c(Br)cc2N1. The van der Waals surface area contributed by atoms with Crippen LogP contribution >= 0.6 is 27.5 Å². The van der Waals surface area contributed by atoms with Crippen LogP contribution in [0.2, 0.25) is 5.02 Å². The molecule has 0 fully saturated rings. The van der Waals surface area contributed by atoms with E-state index in [0.717, 1.165) is 5.56 Å². The Morgan fingerprint density at radius 3 is 2.90 bits per heavy atom. The lowest BCUT2D eigenvalue weighted by Crippen LogP contribution is -2.15. The highest BCUT2D eigenvalue weighted by Crippen LogP contribution is 2.36. The highest BCUT2D eigenvalue weighted by molar-refractivity contribution is 9.10. The third-order valence-corrected chi connectivity index (χ3v) is 4.01. The summed E-state index contributed by atoms with van der Waals surface area (Å²) < 4.78 is 0.711. The number of aromatic nitrogens is 2. The van der Waals surface area contributed by atoms with Crippen LogP contribution in [0.25, 0.3) is 0 Å². The molecular formula is C13H8BrClN4O. The third-order valence-electron chi connectivity index (χ3n) is 2.81. The summed E-state index contributed by atoms with van der Waals surface area (Å²) >= 11 is 9.41. The van der Waals surface area contributed by atoms with Crippen LogP contribution in [0, 0.1) is 0 Å². The second kappa shape index (κ2) is 5.30. The summed E-state index contributed by atoms with van der Waals surface area (Å²) in [6.45, 7) is 0. The molecule has 0 spiro atoms. The van der Waals surface area contributed by atoms with E-state index in [-0.39, 0.29) is 12.3 Å². The van der Waals surface area contributed by atoms with Gasteiger partial charge in [0.25, 0.3) is 0 Å². The second-order valence-corrected chi connectivity index (χ2v) is 5.46. The number of hydrogen-bond donors (Lipinski definition) is 1. The van der Waals surface area contributed by atoms with Gasteiger partial charge in [0, 0.05) is 10.0 Å². The first-order valence-electron chi connectivity index (χ1n) is 5.77. The summed E-state index contributed by atoms with van der Waals surface area (Å²) in [5, 5.41) is 10.9. The summed E-state index contributed by atoms with van der Waals surface area (Å²) in [5.74, 6) is -0.131. The van der Waals surface area contributed by atoms with E-state index in [0.29, 0.717) is 26.6 Å². The van der Waals surface area contributed by atoms with E-state index < -0.39 is 0 Å². The number of anilines is 1. The van der Waals surface area contributed by atoms with Crippen molar-refractivity contribution >= 4 is 50.5 Å². The number of aliphatic imine (C=N–C) groups is 1. The first-order chi connectivity index (χ1) is 9.63. The average molecular weight is 352 g/mol. The zero-order valence-corrected chi connectivity index (χ0v) is 12.4. The molecule has 1 amide bonds. The quantitative estimate of drug-likeness (QED) is 0.856. The molecule has 5 nitrogen and oxygen atoms in total. The summed E-state index contributed by atoms with van der Waals surface area (Å²) in [4.78, 5) is 16.5. The number of fused-ring (bicyclic) bond motifs is 1. The minimum absolute atomic E-state index is 0.131. The lowest BCUT2D eigenvalue weighted by Gasteiger charge is -2.06. The molecule has 0 saturated heterocycles.